The average Bonchev–Trinajstić information content (AvgIpc) is 2.20. The Hall–Kier alpha value is -1.50. The minimum atomic E-state index is 0.635. The standard InChI is InChI=1S/C14H18O/c1-4-7-13-8-5-6-9-14(13)15-11-10-12(2)3/h4-6,8-10H,1,7,11H2,2-3H3. The van der Waals surface area contributed by atoms with Crippen molar-refractivity contribution in [2.45, 2.75) is 20.3 Å². The molecule has 1 rings (SSSR count). The third kappa shape index (κ3) is 4.03. The molecule has 0 heterocycles. The largest absolute Gasteiger partial charge is 0.489 e. The van der Waals surface area contributed by atoms with Gasteiger partial charge in [0, 0.05) is 0 Å². The molecule has 0 aliphatic heterocycles. The maximum absolute atomic E-state index is 5.68. The molecule has 1 nitrogen and oxygen atoms in total. The van der Waals surface area contributed by atoms with Gasteiger partial charge in [-0.05, 0) is 38.0 Å². The molecule has 80 valence electrons. The zero-order valence-electron chi connectivity index (χ0n) is 9.49. The number of hydrogen-bond acceptors (Lipinski definition) is 1. The predicted octanol–water partition coefficient (Wildman–Crippen LogP) is 3.76. The molecule has 0 aromatic heterocycles. The zero-order valence-corrected chi connectivity index (χ0v) is 9.49. The number of ether oxygens (including phenoxy) is 1. The van der Waals surface area contributed by atoms with Crippen LogP contribution in [0.1, 0.15) is 19.4 Å². The fourth-order valence-corrected chi connectivity index (χ4v) is 1.27. The molecule has 0 radical (unpaired) electrons. The molecule has 0 N–H and O–H groups in total. The van der Waals surface area contributed by atoms with Crippen LogP contribution in [0.3, 0.4) is 0 Å². The van der Waals surface area contributed by atoms with Gasteiger partial charge >= 0.3 is 0 Å². The first-order valence-electron chi connectivity index (χ1n) is 5.19. The molecule has 1 aromatic carbocycles. The summed E-state index contributed by atoms with van der Waals surface area (Å²) in [4.78, 5) is 0. The summed E-state index contributed by atoms with van der Waals surface area (Å²) in [5.41, 5.74) is 2.46. The molecule has 1 aromatic rings. The highest BCUT2D eigenvalue weighted by Gasteiger charge is 1.99. The van der Waals surface area contributed by atoms with Gasteiger partial charge in [0.2, 0.25) is 0 Å². The molecule has 0 unspecified atom stereocenters. The Labute approximate surface area is 92.1 Å². The van der Waals surface area contributed by atoms with E-state index in [2.05, 4.69) is 32.6 Å². The molecule has 0 amide bonds. The van der Waals surface area contributed by atoms with E-state index in [-0.39, 0.29) is 0 Å². The van der Waals surface area contributed by atoms with Gasteiger partial charge in [-0.3, -0.25) is 0 Å². The number of rotatable bonds is 5. The van der Waals surface area contributed by atoms with E-state index in [4.69, 9.17) is 4.74 Å². The molecule has 0 saturated carbocycles. The Morgan fingerprint density at radius 1 is 1.33 bits per heavy atom. The molecule has 1 heteroatoms. The predicted molar refractivity (Wildman–Crippen MR) is 65.3 cm³/mol. The van der Waals surface area contributed by atoms with Crippen molar-refractivity contribution >= 4 is 0 Å². The molecule has 0 spiro atoms. The van der Waals surface area contributed by atoms with Crippen molar-refractivity contribution in [3.8, 4) is 5.75 Å². The van der Waals surface area contributed by atoms with Crippen LogP contribution >= 0.6 is 0 Å². The molecule has 0 atom stereocenters. The fourth-order valence-electron chi connectivity index (χ4n) is 1.27. The van der Waals surface area contributed by atoms with E-state index in [1.807, 2.05) is 24.3 Å². The molecule has 0 saturated heterocycles. The smallest absolute Gasteiger partial charge is 0.123 e. The molecule has 0 fully saturated rings. The van der Waals surface area contributed by atoms with Gasteiger partial charge in [-0.25, -0.2) is 0 Å². The summed E-state index contributed by atoms with van der Waals surface area (Å²) in [5, 5.41) is 0. The zero-order chi connectivity index (χ0) is 11.1. The molecule has 0 aliphatic carbocycles. The summed E-state index contributed by atoms with van der Waals surface area (Å²) >= 11 is 0. The maximum atomic E-state index is 5.68. The fraction of sp³-hybridized carbons (Fsp3) is 0.286. The van der Waals surface area contributed by atoms with E-state index in [9.17, 15) is 0 Å². The lowest BCUT2D eigenvalue weighted by Gasteiger charge is -2.08. The van der Waals surface area contributed by atoms with Crippen molar-refractivity contribution in [2.24, 2.45) is 0 Å². The van der Waals surface area contributed by atoms with E-state index in [1.165, 1.54) is 11.1 Å². The monoisotopic (exact) mass is 202 g/mol. The van der Waals surface area contributed by atoms with Crippen LogP contribution in [0, 0.1) is 0 Å². The van der Waals surface area contributed by atoms with Gasteiger partial charge < -0.3 is 4.74 Å². The van der Waals surface area contributed by atoms with E-state index < -0.39 is 0 Å². The topological polar surface area (TPSA) is 9.23 Å². The second-order valence-electron chi connectivity index (χ2n) is 3.69. The van der Waals surface area contributed by atoms with Crippen molar-refractivity contribution in [3.63, 3.8) is 0 Å². The molecular weight excluding hydrogens is 184 g/mol. The highest BCUT2D eigenvalue weighted by Crippen LogP contribution is 2.18. The summed E-state index contributed by atoms with van der Waals surface area (Å²) in [6.07, 6.45) is 4.82. The van der Waals surface area contributed by atoms with Gasteiger partial charge in [-0.2, -0.15) is 0 Å². The minimum absolute atomic E-state index is 0.635. The van der Waals surface area contributed by atoms with E-state index in [0.717, 1.165) is 12.2 Å². The van der Waals surface area contributed by atoms with E-state index in [1.54, 1.807) is 0 Å². The molecule has 0 bridgehead atoms. The normalized spacial score (nSPS) is 9.47. The quantitative estimate of drug-likeness (QED) is 0.660. The Morgan fingerprint density at radius 2 is 2.07 bits per heavy atom. The minimum Gasteiger partial charge on any atom is -0.489 e. The van der Waals surface area contributed by atoms with Crippen molar-refractivity contribution < 1.29 is 4.74 Å². The second kappa shape index (κ2) is 6.07. The Kier molecular flexibility index (Phi) is 4.69. The van der Waals surface area contributed by atoms with Gasteiger partial charge in [0.15, 0.2) is 0 Å². The van der Waals surface area contributed by atoms with Gasteiger partial charge in [0.05, 0.1) is 0 Å². The summed E-state index contributed by atoms with van der Waals surface area (Å²) in [5.74, 6) is 0.954. The maximum Gasteiger partial charge on any atom is 0.123 e. The lowest BCUT2D eigenvalue weighted by atomic mass is 10.1. The number of benzene rings is 1. The van der Waals surface area contributed by atoms with Crippen LogP contribution in [0.25, 0.3) is 0 Å². The van der Waals surface area contributed by atoms with Crippen LogP contribution in [-0.2, 0) is 6.42 Å². The van der Waals surface area contributed by atoms with Crippen molar-refractivity contribution in [3.05, 3.63) is 54.1 Å². The molecule has 15 heavy (non-hydrogen) atoms. The highest BCUT2D eigenvalue weighted by molar-refractivity contribution is 5.34. The van der Waals surface area contributed by atoms with Crippen LogP contribution in [0.15, 0.2) is 48.6 Å². The first kappa shape index (κ1) is 11.6. The van der Waals surface area contributed by atoms with Crippen molar-refractivity contribution in [1.82, 2.24) is 0 Å². The number of allylic oxidation sites excluding steroid dienone is 2. The Balaban J connectivity index is 2.66. The second-order valence-corrected chi connectivity index (χ2v) is 3.69. The Morgan fingerprint density at radius 3 is 2.73 bits per heavy atom. The lowest BCUT2D eigenvalue weighted by molar-refractivity contribution is 0.358. The third-order valence-electron chi connectivity index (χ3n) is 2.07. The van der Waals surface area contributed by atoms with Crippen LogP contribution in [0.2, 0.25) is 0 Å². The van der Waals surface area contributed by atoms with E-state index >= 15 is 0 Å². The summed E-state index contributed by atoms with van der Waals surface area (Å²) in [7, 11) is 0. The van der Waals surface area contributed by atoms with Crippen molar-refractivity contribution in [1.29, 1.82) is 0 Å². The van der Waals surface area contributed by atoms with Gasteiger partial charge in [0.25, 0.3) is 0 Å². The summed E-state index contributed by atoms with van der Waals surface area (Å²) in [6.45, 7) is 8.51. The lowest BCUT2D eigenvalue weighted by Crippen LogP contribution is -1.97. The SMILES string of the molecule is C=CCc1ccccc1OCC=C(C)C. The van der Waals surface area contributed by atoms with Gasteiger partial charge in [-0.1, -0.05) is 29.8 Å². The van der Waals surface area contributed by atoms with E-state index in [0.29, 0.717) is 6.61 Å². The van der Waals surface area contributed by atoms with Gasteiger partial charge in [0.1, 0.15) is 12.4 Å². The average molecular weight is 202 g/mol. The number of hydrogen-bond donors (Lipinski definition) is 0. The van der Waals surface area contributed by atoms with Crippen molar-refractivity contribution in [2.75, 3.05) is 6.61 Å². The molecule has 0 aliphatic rings. The van der Waals surface area contributed by atoms with Crippen LogP contribution in [0.4, 0.5) is 0 Å². The summed E-state index contributed by atoms with van der Waals surface area (Å²) in [6, 6.07) is 8.08. The highest BCUT2D eigenvalue weighted by atomic mass is 16.5. The summed E-state index contributed by atoms with van der Waals surface area (Å²) < 4.78 is 5.68. The number of para-hydroxylation sites is 1. The first-order valence-corrected chi connectivity index (χ1v) is 5.19. The molecular formula is C14H18O. The van der Waals surface area contributed by atoms with Gasteiger partial charge in [-0.15, -0.1) is 6.58 Å². The van der Waals surface area contributed by atoms with Crippen LogP contribution in [-0.4, -0.2) is 6.61 Å². The third-order valence-corrected chi connectivity index (χ3v) is 2.07. The van der Waals surface area contributed by atoms with Crippen LogP contribution < -0.4 is 4.74 Å². The van der Waals surface area contributed by atoms with Crippen LogP contribution in [0.5, 0.6) is 5.75 Å². The Bertz CT molecular complexity index is 346. The first-order chi connectivity index (χ1) is 7.24.